The van der Waals surface area contributed by atoms with Gasteiger partial charge in [-0.2, -0.15) is 0 Å². The molecule has 0 radical (unpaired) electrons. The number of piperazine rings is 1. The quantitative estimate of drug-likeness (QED) is 0.688. The van der Waals surface area contributed by atoms with E-state index in [-0.39, 0.29) is 6.61 Å². The zero-order valence-corrected chi connectivity index (χ0v) is 14.9. The van der Waals surface area contributed by atoms with Crippen molar-refractivity contribution >= 4 is 5.91 Å². The second kappa shape index (κ2) is 10.3. The molecule has 1 N–H and O–H groups in total. The number of amides is 1. The Kier molecular flexibility index (Phi) is 8.34. The molecule has 0 aromatic heterocycles. The highest BCUT2D eigenvalue weighted by Gasteiger charge is 2.22. The van der Waals surface area contributed by atoms with Crippen LogP contribution in [-0.4, -0.2) is 84.2 Å². The van der Waals surface area contributed by atoms with Gasteiger partial charge in [0.25, 0.3) is 0 Å². The number of nitrogens with zero attached hydrogens (tertiary/aromatic N) is 3. The highest BCUT2D eigenvalue weighted by Crippen LogP contribution is 2.16. The third kappa shape index (κ3) is 6.40. The predicted octanol–water partition coefficient (Wildman–Crippen LogP) is 1.56. The van der Waals surface area contributed by atoms with Gasteiger partial charge in [0.1, 0.15) is 0 Å². The first kappa shape index (κ1) is 18.7. The molecule has 0 spiro atoms. The summed E-state index contributed by atoms with van der Waals surface area (Å²) in [6, 6.07) is 0.541. The van der Waals surface area contributed by atoms with Gasteiger partial charge < -0.3 is 14.9 Å². The van der Waals surface area contributed by atoms with Crippen LogP contribution in [0, 0.1) is 0 Å². The van der Waals surface area contributed by atoms with Crippen LogP contribution in [0.4, 0.5) is 0 Å². The molecule has 23 heavy (non-hydrogen) atoms. The minimum absolute atomic E-state index is 0.285. The van der Waals surface area contributed by atoms with E-state index in [1.165, 1.54) is 32.4 Å². The number of unbranched alkanes of at least 4 members (excludes halogenated alkanes) is 1. The van der Waals surface area contributed by atoms with Gasteiger partial charge in [0.15, 0.2) is 0 Å². The summed E-state index contributed by atoms with van der Waals surface area (Å²) in [6.07, 6.45) is 7.63. The van der Waals surface area contributed by atoms with Gasteiger partial charge in [0.2, 0.25) is 5.91 Å². The molecule has 1 unspecified atom stereocenters. The van der Waals surface area contributed by atoms with Crippen molar-refractivity contribution in [2.24, 2.45) is 0 Å². The second-order valence-corrected chi connectivity index (χ2v) is 7.14. The molecule has 5 nitrogen and oxygen atoms in total. The number of aliphatic hydroxyl groups excluding tert-OH is 1. The van der Waals surface area contributed by atoms with Crippen LogP contribution in [0.2, 0.25) is 0 Å². The number of hydrogen-bond acceptors (Lipinski definition) is 4. The number of rotatable bonds is 8. The van der Waals surface area contributed by atoms with Crippen LogP contribution in [0.25, 0.3) is 0 Å². The van der Waals surface area contributed by atoms with Crippen molar-refractivity contribution in [3.8, 4) is 0 Å². The van der Waals surface area contributed by atoms with Gasteiger partial charge in [-0.1, -0.05) is 6.42 Å². The lowest BCUT2D eigenvalue weighted by atomic mass is 10.1. The third-order valence-electron chi connectivity index (χ3n) is 5.40. The Morgan fingerprint density at radius 2 is 1.70 bits per heavy atom. The highest BCUT2D eigenvalue weighted by molar-refractivity contribution is 5.76. The maximum absolute atomic E-state index is 12.4. The highest BCUT2D eigenvalue weighted by atomic mass is 16.2. The van der Waals surface area contributed by atoms with E-state index in [0.29, 0.717) is 18.4 Å². The normalized spacial score (nSPS) is 22.3. The lowest BCUT2D eigenvalue weighted by molar-refractivity contribution is -0.133. The van der Waals surface area contributed by atoms with Gasteiger partial charge in [-0.15, -0.1) is 0 Å². The molecule has 2 heterocycles. The minimum atomic E-state index is 0.285. The SMILES string of the molecule is CC(CCC(=O)N1CCN(CCCCO)CC1)N1CCCCC1. The topological polar surface area (TPSA) is 47.0 Å². The zero-order chi connectivity index (χ0) is 16.5. The monoisotopic (exact) mass is 325 g/mol. The van der Waals surface area contributed by atoms with Gasteiger partial charge in [-0.05, 0) is 58.7 Å². The van der Waals surface area contributed by atoms with E-state index in [1.807, 2.05) is 4.90 Å². The molecule has 0 bridgehead atoms. The van der Waals surface area contributed by atoms with E-state index in [0.717, 1.165) is 52.0 Å². The summed E-state index contributed by atoms with van der Waals surface area (Å²) < 4.78 is 0. The molecular formula is C18H35N3O2. The summed E-state index contributed by atoms with van der Waals surface area (Å²) >= 11 is 0. The van der Waals surface area contributed by atoms with Crippen LogP contribution < -0.4 is 0 Å². The molecule has 5 heteroatoms. The van der Waals surface area contributed by atoms with Crippen LogP contribution in [0.1, 0.15) is 51.9 Å². The first-order valence-electron chi connectivity index (χ1n) is 9.55. The smallest absolute Gasteiger partial charge is 0.222 e. The summed E-state index contributed by atoms with van der Waals surface area (Å²) in [7, 11) is 0. The van der Waals surface area contributed by atoms with Crippen LogP contribution in [0.5, 0.6) is 0 Å². The summed E-state index contributed by atoms with van der Waals surface area (Å²) in [4.78, 5) is 19.4. The van der Waals surface area contributed by atoms with Crippen molar-refractivity contribution in [2.45, 2.75) is 57.9 Å². The minimum Gasteiger partial charge on any atom is -0.396 e. The average molecular weight is 325 g/mol. The number of hydrogen-bond donors (Lipinski definition) is 1. The molecule has 1 amide bonds. The fourth-order valence-electron chi connectivity index (χ4n) is 3.70. The van der Waals surface area contributed by atoms with E-state index in [1.54, 1.807) is 0 Å². The molecular weight excluding hydrogens is 290 g/mol. The van der Waals surface area contributed by atoms with Crippen LogP contribution in [-0.2, 0) is 4.79 Å². The molecule has 1 atom stereocenters. The third-order valence-corrected chi connectivity index (χ3v) is 5.40. The maximum Gasteiger partial charge on any atom is 0.222 e. The first-order valence-corrected chi connectivity index (χ1v) is 9.55. The molecule has 2 fully saturated rings. The van der Waals surface area contributed by atoms with E-state index in [4.69, 9.17) is 5.11 Å². The Hall–Kier alpha value is -0.650. The molecule has 0 saturated carbocycles. The van der Waals surface area contributed by atoms with E-state index in [9.17, 15) is 4.79 Å². The molecule has 2 saturated heterocycles. The molecule has 2 aliphatic rings. The van der Waals surface area contributed by atoms with E-state index in [2.05, 4.69) is 16.7 Å². The average Bonchev–Trinajstić information content (AvgIpc) is 2.61. The number of carbonyl (C=O) groups excluding carboxylic acids is 1. The van der Waals surface area contributed by atoms with Crippen LogP contribution in [0.3, 0.4) is 0 Å². The molecule has 134 valence electrons. The number of piperidine rings is 1. The van der Waals surface area contributed by atoms with E-state index >= 15 is 0 Å². The number of carbonyl (C=O) groups is 1. The Morgan fingerprint density at radius 1 is 1.00 bits per heavy atom. The number of likely N-dealkylation sites (tertiary alicyclic amines) is 1. The molecule has 2 aliphatic heterocycles. The molecule has 0 aromatic carbocycles. The zero-order valence-electron chi connectivity index (χ0n) is 14.9. The maximum atomic E-state index is 12.4. The van der Waals surface area contributed by atoms with E-state index < -0.39 is 0 Å². The summed E-state index contributed by atoms with van der Waals surface area (Å²) in [5, 5.41) is 8.83. The van der Waals surface area contributed by atoms with Crippen molar-refractivity contribution in [1.29, 1.82) is 0 Å². The summed E-state index contributed by atoms with van der Waals surface area (Å²) in [5.74, 6) is 0.337. The largest absolute Gasteiger partial charge is 0.396 e. The predicted molar refractivity (Wildman–Crippen MR) is 93.5 cm³/mol. The number of aliphatic hydroxyl groups is 1. The van der Waals surface area contributed by atoms with Crippen molar-refractivity contribution in [2.75, 3.05) is 52.4 Å². The van der Waals surface area contributed by atoms with Gasteiger partial charge in [-0.3, -0.25) is 9.69 Å². The molecule has 0 aromatic rings. The molecule has 2 rings (SSSR count). The van der Waals surface area contributed by atoms with Crippen LogP contribution >= 0.6 is 0 Å². The first-order chi connectivity index (χ1) is 11.2. The Labute approximate surface area is 141 Å². The fraction of sp³-hybridized carbons (Fsp3) is 0.944. The lowest BCUT2D eigenvalue weighted by Gasteiger charge is -2.36. The Balaban J connectivity index is 1.61. The lowest BCUT2D eigenvalue weighted by Crippen LogP contribution is -2.49. The van der Waals surface area contributed by atoms with Crippen LogP contribution in [0.15, 0.2) is 0 Å². The van der Waals surface area contributed by atoms with Crippen molar-refractivity contribution < 1.29 is 9.90 Å². The standard InChI is InChI=1S/C18H35N3O2/c1-17(20-10-3-2-4-11-20)7-8-18(23)21-14-12-19(13-15-21)9-5-6-16-22/h17,22H,2-16H2,1H3. The summed E-state index contributed by atoms with van der Waals surface area (Å²) in [6.45, 7) is 9.74. The fourth-order valence-corrected chi connectivity index (χ4v) is 3.70. The van der Waals surface area contributed by atoms with Gasteiger partial charge in [0.05, 0.1) is 0 Å². The van der Waals surface area contributed by atoms with Crippen molar-refractivity contribution in [3.63, 3.8) is 0 Å². The summed E-state index contributed by atoms with van der Waals surface area (Å²) in [5.41, 5.74) is 0. The van der Waals surface area contributed by atoms with Crippen molar-refractivity contribution in [1.82, 2.24) is 14.7 Å². The van der Waals surface area contributed by atoms with Gasteiger partial charge >= 0.3 is 0 Å². The Morgan fingerprint density at radius 3 is 2.35 bits per heavy atom. The second-order valence-electron chi connectivity index (χ2n) is 7.14. The Bertz CT molecular complexity index is 337. The molecule has 0 aliphatic carbocycles. The van der Waals surface area contributed by atoms with Crippen molar-refractivity contribution in [3.05, 3.63) is 0 Å². The van der Waals surface area contributed by atoms with Gasteiger partial charge in [-0.25, -0.2) is 0 Å². The van der Waals surface area contributed by atoms with Gasteiger partial charge in [0, 0.05) is 45.2 Å².